The van der Waals surface area contributed by atoms with Crippen LogP contribution in [0.1, 0.15) is 30.1 Å². The first-order valence-corrected chi connectivity index (χ1v) is 11.2. The molecule has 0 spiro atoms. The molecule has 3 aromatic rings. The fourth-order valence-electron chi connectivity index (χ4n) is 3.38. The third-order valence-electron chi connectivity index (χ3n) is 5.01. The Morgan fingerprint density at radius 1 is 1.13 bits per heavy atom. The Hall–Kier alpha value is -2.97. The van der Waals surface area contributed by atoms with Gasteiger partial charge >= 0.3 is 0 Å². The predicted molar refractivity (Wildman–Crippen MR) is 122 cm³/mol. The fourth-order valence-corrected chi connectivity index (χ4v) is 4.44. The molecule has 2 aromatic carbocycles. The molecule has 2 heterocycles. The average Bonchev–Trinajstić information content (AvgIpc) is 3.22. The van der Waals surface area contributed by atoms with Gasteiger partial charge in [-0.1, -0.05) is 11.3 Å². The van der Waals surface area contributed by atoms with E-state index in [4.69, 9.17) is 14.5 Å². The topological polar surface area (TPSA) is 80.8 Å². The number of anilines is 2. The fraction of sp³-hybridized carbons (Fsp3) is 0.348. The summed E-state index contributed by atoms with van der Waals surface area (Å²) in [6, 6.07) is 12.7. The summed E-state index contributed by atoms with van der Waals surface area (Å²) in [5.41, 5.74) is 2.20. The lowest BCUT2D eigenvalue weighted by Gasteiger charge is -2.25. The normalized spacial score (nSPS) is 13.9. The minimum Gasteiger partial charge on any atom is -0.494 e. The van der Waals surface area contributed by atoms with Gasteiger partial charge in [0.15, 0.2) is 10.9 Å². The van der Waals surface area contributed by atoms with Gasteiger partial charge in [-0.3, -0.25) is 9.59 Å². The summed E-state index contributed by atoms with van der Waals surface area (Å²) < 4.78 is 11.8. The molecule has 0 aliphatic carbocycles. The van der Waals surface area contributed by atoms with Gasteiger partial charge in [0.05, 0.1) is 30.0 Å². The van der Waals surface area contributed by atoms with Gasteiger partial charge < -0.3 is 19.7 Å². The van der Waals surface area contributed by atoms with Crippen LogP contribution < -0.4 is 15.0 Å². The summed E-state index contributed by atoms with van der Waals surface area (Å²) in [4.78, 5) is 31.6. The number of ether oxygens (including phenoxy) is 2. The van der Waals surface area contributed by atoms with Gasteiger partial charge in [0.25, 0.3) is 0 Å². The minimum absolute atomic E-state index is 0.0636. The van der Waals surface area contributed by atoms with Crippen molar-refractivity contribution in [2.75, 3.05) is 43.1 Å². The van der Waals surface area contributed by atoms with Crippen molar-refractivity contribution in [2.24, 2.45) is 0 Å². The lowest BCUT2D eigenvalue weighted by Crippen LogP contribution is -2.36. The van der Waals surface area contributed by atoms with E-state index in [1.54, 1.807) is 35.6 Å². The number of carbonyl (C=O) groups excluding carboxylic acids is 2. The lowest BCUT2D eigenvalue weighted by atomic mass is 10.1. The minimum atomic E-state index is -0.184. The number of carbonyl (C=O) groups is 2. The molecule has 0 radical (unpaired) electrons. The molecule has 0 bridgehead atoms. The molecule has 1 aliphatic rings. The van der Waals surface area contributed by atoms with Crippen LogP contribution in [0.25, 0.3) is 10.2 Å². The molecule has 1 aromatic heterocycles. The van der Waals surface area contributed by atoms with E-state index in [9.17, 15) is 9.59 Å². The second-order valence-electron chi connectivity index (χ2n) is 7.21. The first-order chi connectivity index (χ1) is 15.1. The standard InChI is InChI=1S/C23H25N3O4S/c1-2-30-18-6-3-16(4-7-18)20(27)9-10-22(28)24-17-5-8-19-21(15-17)31-23(25-19)26-11-13-29-14-12-26/h3-8,15H,2,9-14H2,1H3,(H,24,28). The molecule has 4 rings (SSSR count). The molecule has 0 unspecified atom stereocenters. The third-order valence-corrected chi connectivity index (χ3v) is 6.09. The molecule has 1 amide bonds. The summed E-state index contributed by atoms with van der Waals surface area (Å²) in [5.74, 6) is 0.481. The Balaban J connectivity index is 1.32. The smallest absolute Gasteiger partial charge is 0.224 e. The van der Waals surface area contributed by atoms with E-state index in [1.807, 2.05) is 25.1 Å². The molecule has 0 saturated carbocycles. The maximum absolute atomic E-state index is 12.4. The quantitative estimate of drug-likeness (QED) is 0.532. The molecule has 162 valence electrons. The van der Waals surface area contributed by atoms with Crippen molar-refractivity contribution in [3.05, 3.63) is 48.0 Å². The van der Waals surface area contributed by atoms with Gasteiger partial charge in [-0.25, -0.2) is 4.98 Å². The van der Waals surface area contributed by atoms with Crippen LogP contribution in [0, 0.1) is 0 Å². The molecule has 0 atom stereocenters. The molecular weight excluding hydrogens is 414 g/mol. The Labute approximate surface area is 185 Å². The Morgan fingerprint density at radius 2 is 1.90 bits per heavy atom. The zero-order chi connectivity index (χ0) is 21.6. The highest BCUT2D eigenvalue weighted by molar-refractivity contribution is 7.22. The van der Waals surface area contributed by atoms with Crippen molar-refractivity contribution < 1.29 is 19.1 Å². The number of nitrogens with zero attached hydrogens (tertiary/aromatic N) is 2. The summed E-state index contributed by atoms with van der Waals surface area (Å²) in [7, 11) is 0. The van der Waals surface area contributed by atoms with Gasteiger partial charge in [-0.15, -0.1) is 0 Å². The molecule has 1 N–H and O–H groups in total. The molecule has 1 fully saturated rings. The average molecular weight is 440 g/mol. The molecule has 7 nitrogen and oxygen atoms in total. The number of nitrogens with one attached hydrogen (secondary N) is 1. The van der Waals surface area contributed by atoms with Gasteiger partial charge in [0, 0.05) is 37.2 Å². The number of benzene rings is 2. The molecule has 1 aliphatic heterocycles. The number of morpholine rings is 1. The highest BCUT2D eigenvalue weighted by Crippen LogP contribution is 2.31. The van der Waals surface area contributed by atoms with Crippen LogP contribution in [-0.2, 0) is 9.53 Å². The number of hydrogen-bond acceptors (Lipinski definition) is 7. The number of hydrogen-bond donors (Lipinski definition) is 1. The van der Waals surface area contributed by atoms with Crippen LogP contribution in [-0.4, -0.2) is 49.6 Å². The van der Waals surface area contributed by atoms with Crippen molar-refractivity contribution in [1.82, 2.24) is 4.98 Å². The van der Waals surface area contributed by atoms with Crippen LogP contribution in [0.4, 0.5) is 10.8 Å². The summed E-state index contributed by atoms with van der Waals surface area (Å²) in [5, 5.41) is 3.86. The predicted octanol–water partition coefficient (Wildman–Crippen LogP) is 4.13. The molecular formula is C23H25N3O4S. The third kappa shape index (κ3) is 5.39. The van der Waals surface area contributed by atoms with E-state index in [2.05, 4.69) is 10.2 Å². The summed E-state index contributed by atoms with van der Waals surface area (Å²) in [6.07, 6.45) is 0.287. The zero-order valence-electron chi connectivity index (χ0n) is 17.4. The highest BCUT2D eigenvalue weighted by atomic mass is 32.1. The number of fused-ring (bicyclic) bond motifs is 1. The van der Waals surface area contributed by atoms with E-state index < -0.39 is 0 Å². The summed E-state index contributed by atoms with van der Waals surface area (Å²) >= 11 is 1.61. The first-order valence-electron chi connectivity index (χ1n) is 10.4. The molecule has 8 heteroatoms. The second-order valence-corrected chi connectivity index (χ2v) is 8.22. The Morgan fingerprint density at radius 3 is 2.65 bits per heavy atom. The SMILES string of the molecule is CCOc1ccc(C(=O)CCC(=O)Nc2ccc3nc(N4CCOCC4)sc3c2)cc1. The van der Waals surface area contributed by atoms with Crippen molar-refractivity contribution in [2.45, 2.75) is 19.8 Å². The van der Waals surface area contributed by atoms with Crippen molar-refractivity contribution >= 4 is 44.1 Å². The monoisotopic (exact) mass is 439 g/mol. The highest BCUT2D eigenvalue weighted by Gasteiger charge is 2.16. The van der Waals surface area contributed by atoms with Crippen LogP contribution in [0.2, 0.25) is 0 Å². The Kier molecular flexibility index (Phi) is 6.79. The van der Waals surface area contributed by atoms with Crippen molar-refractivity contribution in [3.63, 3.8) is 0 Å². The number of rotatable bonds is 8. The Bertz CT molecular complexity index is 1060. The zero-order valence-corrected chi connectivity index (χ0v) is 18.2. The second kappa shape index (κ2) is 9.89. The van der Waals surface area contributed by atoms with Gasteiger partial charge in [0.2, 0.25) is 5.91 Å². The molecule has 31 heavy (non-hydrogen) atoms. The maximum Gasteiger partial charge on any atom is 0.224 e. The van der Waals surface area contributed by atoms with E-state index >= 15 is 0 Å². The van der Waals surface area contributed by atoms with E-state index in [-0.39, 0.29) is 24.5 Å². The van der Waals surface area contributed by atoms with Crippen LogP contribution in [0.5, 0.6) is 5.75 Å². The van der Waals surface area contributed by atoms with Crippen molar-refractivity contribution in [1.29, 1.82) is 0 Å². The van der Waals surface area contributed by atoms with Gasteiger partial charge in [-0.05, 0) is 49.4 Å². The number of aromatic nitrogens is 1. The van der Waals surface area contributed by atoms with Gasteiger partial charge in [-0.2, -0.15) is 0 Å². The largest absolute Gasteiger partial charge is 0.494 e. The maximum atomic E-state index is 12.4. The van der Waals surface area contributed by atoms with E-state index in [1.165, 1.54) is 0 Å². The lowest BCUT2D eigenvalue weighted by molar-refractivity contribution is -0.116. The number of ketones is 1. The van der Waals surface area contributed by atoms with Crippen LogP contribution in [0.15, 0.2) is 42.5 Å². The molecule has 1 saturated heterocycles. The first kappa shape index (κ1) is 21.3. The van der Waals surface area contributed by atoms with E-state index in [0.717, 1.165) is 34.2 Å². The number of amides is 1. The summed E-state index contributed by atoms with van der Waals surface area (Å²) in [6.45, 7) is 5.60. The van der Waals surface area contributed by atoms with E-state index in [0.29, 0.717) is 31.1 Å². The number of Topliss-reactive ketones (excluding diaryl/α,β-unsaturated/α-hetero) is 1. The number of thiazole rings is 1. The van der Waals surface area contributed by atoms with Gasteiger partial charge in [0.1, 0.15) is 5.75 Å². The van der Waals surface area contributed by atoms with Crippen molar-refractivity contribution in [3.8, 4) is 5.75 Å². The van der Waals surface area contributed by atoms with Crippen LogP contribution in [0.3, 0.4) is 0 Å². The van der Waals surface area contributed by atoms with Crippen LogP contribution >= 0.6 is 11.3 Å².